The number of hydrogen-bond donors (Lipinski definition) is 1. The van der Waals surface area contributed by atoms with E-state index in [0.29, 0.717) is 19.0 Å². The highest BCUT2D eigenvalue weighted by atomic mass is 16.7. The van der Waals surface area contributed by atoms with Gasteiger partial charge in [-0.2, -0.15) is 0 Å². The minimum absolute atomic E-state index is 0.0765. The second kappa shape index (κ2) is 6.44. The summed E-state index contributed by atoms with van der Waals surface area (Å²) in [5, 5.41) is 15.6. The molecule has 1 N–H and O–H groups in total. The first-order valence-electron chi connectivity index (χ1n) is 6.62. The number of likely N-dealkylation sites (N-methyl/N-ethyl adjacent to an activating group) is 1. The molecule has 108 valence electrons. The first-order chi connectivity index (χ1) is 9.65. The number of aliphatic imine (C=N–C) groups is 1. The summed E-state index contributed by atoms with van der Waals surface area (Å²) >= 11 is 0. The van der Waals surface area contributed by atoms with E-state index in [-0.39, 0.29) is 11.9 Å². The van der Waals surface area contributed by atoms with Crippen LogP contribution in [0, 0.1) is 10.1 Å². The van der Waals surface area contributed by atoms with Crippen LogP contribution in [0.5, 0.6) is 0 Å². The van der Waals surface area contributed by atoms with Crippen molar-refractivity contribution in [3.63, 3.8) is 0 Å². The minimum Gasteiger partial charge on any atom is -0.387 e. The molecule has 1 atom stereocenters. The summed E-state index contributed by atoms with van der Waals surface area (Å²) < 4.78 is 0. The second-order valence-electron chi connectivity index (χ2n) is 4.35. The van der Waals surface area contributed by atoms with Gasteiger partial charge in [0.05, 0.1) is 11.5 Å². The number of rotatable bonds is 6. The summed E-state index contributed by atoms with van der Waals surface area (Å²) in [4.78, 5) is 20.4. The van der Waals surface area contributed by atoms with E-state index in [9.17, 15) is 10.1 Å². The van der Waals surface area contributed by atoms with Gasteiger partial charge in [0, 0.05) is 18.7 Å². The summed E-state index contributed by atoms with van der Waals surface area (Å²) in [6.07, 6.45) is -0.241. The molecule has 1 heterocycles. The van der Waals surface area contributed by atoms with Crippen LogP contribution >= 0.6 is 0 Å². The van der Waals surface area contributed by atoms with Crippen molar-refractivity contribution in [2.45, 2.75) is 20.0 Å². The van der Waals surface area contributed by atoms with E-state index >= 15 is 0 Å². The fourth-order valence-electron chi connectivity index (χ4n) is 1.97. The molecule has 1 aliphatic heterocycles. The number of nitro benzene ring substituents is 1. The molecule has 0 aromatic heterocycles. The predicted octanol–water partition coefficient (Wildman–Crippen LogP) is 1.87. The lowest BCUT2D eigenvalue weighted by Gasteiger charge is -2.19. The Morgan fingerprint density at radius 1 is 1.40 bits per heavy atom. The van der Waals surface area contributed by atoms with E-state index in [0.717, 1.165) is 12.1 Å². The van der Waals surface area contributed by atoms with Crippen molar-refractivity contribution in [1.29, 1.82) is 0 Å². The maximum atomic E-state index is 10.7. The Balaban J connectivity index is 2.16. The average molecular weight is 278 g/mol. The Labute approximate surface area is 117 Å². The summed E-state index contributed by atoms with van der Waals surface area (Å²) in [5.74, 6) is 0.636. The van der Waals surface area contributed by atoms with E-state index in [1.807, 2.05) is 13.8 Å². The number of nitro groups is 1. The van der Waals surface area contributed by atoms with Gasteiger partial charge < -0.3 is 10.2 Å². The average Bonchev–Trinajstić information content (AvgIpc) is 2.88. The number of hydroxylamine groups is 2. The van der Waals surface area contributed by atoms with Gasteiger partial charge in [0.2, 0.25) is 5.90 Å². The van der Waals surface area contributed by atoms with Crippen LogP contribution in [0.1, 0.15) is 25.6 Å². The fraction of sp³-hybridized carbons (Fsp3) is 0.462. The van der Waals surface area contributed by atoms with E-state index in [2.05, 4.69) is 10.3 Å². The molecule has 0 radical (unpaired) electrons. The molecule has 7 nitrogen and oxygen atoms in total. The largest absolute Gasteiger partial charge is 0.387 e. The molecule has 0 bridgehead atoms. The summed E-state index contributed by atoms with van der Waals surface area (Å²) in [7, 11) is 0. The minimum atomic E-state index is -0.410. The number of hydrogen-bond acceptors (Lipinski definition) is 6. The highest BCUT2D eigenvalue weighted by molar-refractivity contribution is 5.79. The van der Waals surface area contributed by atoms with Crippen LogP contribution in [0.4, 0.5) is 5.69 Å². The van der Waals surface area contributed by atoms with E-state index in [1.165, 1.54) is 12.1 Å². The smallest absolute Gasteiger partial charge is 0.269 e. The molecule has 1 aromatic rings. The van der Waals surface area contributed by atoms with Gasteiger partial charge in [0.25, 0.3) is 5.69 Å². The van der Waals surface area contributed by atoms with Crippen LogP contribution in [0.25, 0.3) is 0 Å². The molecule has 0 saturated carbocycles. The van der Waals surface area contributed by atoms with E-state index < -0.39 is 4.92 Å². The Morgan fingerprint density at radius 2 is 2.10 bits per heavy atom. The van der Waals surface area contributed by atoms with Crippen molar-refractivity contribution < 1.29 is 9.76 Å². The van der Waals surface area contributed by atoms with Crippen molar-refractivity contribution in [3.05, 3.63) is 39.9 Å². The van der Waals surface area contributed by atoms with Crippen LogP contribution in [-0.2, 0) is 4.84 Å². The predicted molar refractivity (Wildman–Crippen MR) is 75.3 cm³/mol. The van der Waals surface area contributed by atoms with Crippen molar-refractivity contribution in [2.75, 3.05) is 19.6 Å². The third-order valence-corrected chi connectivity index (χ3v) is 3.00. The molecule has 20 heavy (non-hydrogen) atoms. The van der Waals surface area contributed by atoms with E-state index in [1.54, 1.807) is 17.2 Å². The molecule has 0 saturated heterocycles. The maximum Gasteiger partial charge on any atom is 0.269 e. The normalized spacial score (nSPS) is 18.7. The topological polar surface area (TPSA) is 80.0 Å². The third kappa shape index (κ3) is 3.12. The van der Waals surface area contributed by atoms with Gasteiger partial charge in [-0.3, -0.25) is 10.1 Å². The standard InChI is InChI=1S/C13H18N4O3/c1-3-14-9-12-15-13(16(4-2)20-12)10-5-7-11(8-6-10)17(18)19/h5-8,13-14H,3-4,9H2,1-2H3/t13-/m1/s1. The van der Waals surface area contributed by atoms with Crippen molar-refractivity contribution in [2.24, 2.45) is 4.99 Å². The quantitative estimate of drug-likeness (QED) is 0.634. The molecule has 0 fully saturated rings. The van der Waals surface area contributed by atoms with Gasteiger partial charge in [-0.15, -0.1) is 5.06 Å². The Hall–Kier alpha value is -1.99. The van der Waals surface area contributed by atoms with Crippen molar-refractivity contribution in [1.82, 2.24) is 10.4 Å². The number of nitrogens with zero attached hydrogens (tertiary/aromatic N) is 3. The zero-order chi connectivity index (χ0) is 14.5. The van der Waals surface area contributed by atoms with Crippen LogP contribution < -0.4 is 5.32 Å². The number of non-ortho nitro benzene ring substituents is 1. The van der Waals surface area contributed by atoms with Crippen LogP contribution in [0.2, 0.25) is 0 Å². The monoisotopic (exact) mass is 278 g/mol. The lowest BCUT2D eigenvalue weighted by Crippen LogP contribution is -2.28. The first kappa shape index (κ1) is 14.4. The Bertz CT molecular complexity index is 501. The first-order valence-corrected chi connectivity index (χ1v) is 6.62. The maximum absolute atomic E-state index is 10.7. The van der Waals surface area contributed by atoms with Gasteiger partial charge in [-0.05, 0) is 31.2 Å². The molecule has 7 heteroatoms. The van der Waals surface area contributed by atoms with Gasteiger partial charge >= 0.3 is 0 Å². The lowest BCUT2D eigenvalue weighted by molar-refractivity contribution is -0.384. The molecule has 2 rings (SSSR count). The summed E-state index contributed by atoms with van der Waals surface area (Å²) in [5.41, 5.74) is 0.955. The molecular weight excluding hydrogens is 260 g/mol. The summed E-state index contributed by atoms with van der Waals surface area (Å²) in [6, 6.07) is 6.41. The molecular formula is C13H18N4O3. The number of benzene rings is 1. The molecule has 0 amide bonds. The van der Waals surface area contributed by atoms with Crippen LogP contribution in [0.3, 0.4) is 0 Å². The molecule has 0 aliphatic carbocycles. The van der Waals surface area contributed by atoms with Crippen LogP contribution in [0.15, 0.2) is 29.3 Å². The lowest BCUT2D eigenvalue weighted by atomic mass is 10.1. The Kier molecular flexibility index (Phi) is 4.65. The molecule has 0 spiro atoms. The molecule has 1 aliphatic rings. The van der Waals surface area contributed by atoms with Gasteiger partial charge in [0.15, 0.2) is 6.17 Å². The van der Waals surface area contributed by atoms with Crippen LogP contribution in [-0.4, -0.2) is 35.5 Å². The van der Waals surface area contributed by atoms with Gasteiger partial charge in [-0.25, -0.2) is 4.99 Å². The summed E-state index contributed by atoms with van der Waals surface area (Å²) in [6.45, 7) is 6.10. The highest BCUT2D eigenvalue weighted by Gasteiger charge is 2.28. The molecule has 1 aromatic carbocycles. The fourth-order valence-corrected chi connectivity index (χ4v) is 1.97. The zero-order valence-electron chi connectivity index (χ0n) is 11.6. The third-order valence-electron chi connectivity index (χ3n) is 3.00. The van der Waals surface area contributed by atoms with Gasteiger partial charge in [0.1, 0.15) is 0 Å². The van der Waals surface area contributed by atoms with Gasteiger partial charge in [-0.1, -0.05) is 6.92 Å². The van der Waals surface area contributed by atoms with E-state index in [4.69, 9.17) is 4.84 Å². The Morgan fingerprint density at radius 3 is 2.65 bits per heavy atom. The number of nitrogens with one attached hydrogen (secondary N) is 1. The van der Waals surface area contributed by atoms with Crippen molar-refractivity contribution in [3.8, 4) is 0 Å². The zero-order valence-corrected chi connectivity index (χ0v) is 11.6. The SMILES string of the molecule is CCNCC1=N[C@@H](c2ccc([N+](=O)[O-])cc2)N(CC)O1. The van der Waals surface area contributed by atoms with Crippen molar-refractivity contribution >= 4 is 11.6 Å². The molecule has 0 unspecified atom stereocenters. The highest BCUT2D eigenvalue weighted by Crippen LogP contribution is 2.28. The second-order valence-corrected chi connectivity index (χ2v) is 4.35.